The highest BCUT2D eigenvalue weighted by molar-refractivity contribution is 6.30. The van der Waals surface area contributed by atoms with E-state index in [-0.39, 0.29) is 5.91 Å². The van der Waals surface area contributed by atoms with Crippen molar-refractivity contribution in [2.45, 2.75) is 20.3 Å². The Balaban J connectivity index is 1.54. The molecule has 6 nitrogen and oxygen atoms in total. The Morgan fingerprint density at radius 3 is 2.72 bits per heavy atom. The molecule has 132 valence electrons. The van der Waals surface area contributed by atoms with Crippen molar-refractivity contribution in [2.75, 3.05) is 24.5 Å². The van der Waals surface area contributed by atoms with E-state index >= 15 is 0 Å². The summed E-state index contributed by atoms with van der Waals surface area (Å²) in [6, 6.07) is 7.78. The van der Waals surface area contributed by atoms with Crippen LogP contribution in [0.15, 0.2) is 45.8 Å². The van der Waals surface area contributed by atoms with E-state index in [1.165, 1.54) is 0 Å². The summed E-state index contributed by atoms with van der Waals surface area (Å²) >= 11 is 5.93. The molecule has 1 aromatic rings. The highest BCUT2D eigenvalue weighted by Gasteiger charge is 2.33. The predicted octanol–water partition coefficient (Wildman–Crippen LogP) is 3.19. The molecular formula is C18H21ClN4O2. The minimum atomic E-state index is -0.841. The molecule has 1 saturated heterocycles. The Morgan fingerprint density at radius 2 is 2.00 bits per heavy atom. The molecule has 2 aliphatic rings. The van der Waals surface area contributed by atoms with Crippen LogP contribution in [0.2, 0.25) is 5.02 Å². The zero-order valence-electron chi connectivity index (χ0n) is 14.3. The molecule has 0 radical (unpaired) electrons. The second-order valence-electron chi connectivity index (χ2n) is 6.56. The number of hydrogen-bond acceptors (Lipinski definition) is 4. The summed E-state index contributed by atoms with van der Waals surface area (Å²) in [5.74, 6) is -1.27. The van der Waals surface area contributed by atoms with Crippen LogP contribution in [0.25, 0.3) is 0 Å². The van der Waals surface area contributed by atoms with Gasteiger partial charge in [0.1, 0.15) is 5.92 Å². The predicted molar refractivity (Wildman–Crippen MR) is 96.5 cm³/mol. The number of azo groups is 1. The minimum Gasteiger partial charge on any atom is -0.371 e. The van der Waals surface area contributed by atoms with E-state index in [1.807, 2.05) is 24.3 Å². The molecule has 0 spiro atoms. The zero-order chi connectivity index (χ0) is 18.0. The summed E-state index contributed by atoms with van der Waals surface area (Å²) in [5.41, 5.74) is 2.44. The zero-order valence-corrected chi connectivity index (χ0v) is 15.1. The summed E-state index contributed by atoms with van der Waals surface area (Å²) in [7, 11) is 0. The van der Waals surface area contributed by atoms with E-state index in [1.54, 1.807) is 13.8 Å². The third kappa shape index (κ3) is 3.90. The molecule has 7 heteroatoms. The summed E-state index contributed by atoms with van der Waals surface area (Å²) in [4.78, 5) is 26.6. The number of carbonyl (C=O) groups is 2. The first kappa shape index (κ1) is 17.6. The van der Waals surface area contributed by atoms with E-state index < -0.39 is 11.8 Å². The van der Waals surface area contributed by atoms with Gasteiger partial charge in [-0.3, -0.25) is 9.59 Å². The molecule has 0 saturated carbocycles. The number of nitrogens with zero attached hydrogens (tertiary/aromatic N) is 3. The standard InChI is InChI=1S/C18H21ClN4O2/c1-11-12(2)21-22-18(25)16(11)17(24)20-9-13-7-8-23(10-13)15-5-3-14(19)4-6-15/h3-6,13,16H,7-10H2,1-2H3,(H,20,24). The minimum absolute atomic E-state index is 0.287. The number of rotatable bonds is 4. The Kier molecular flexibility index (Phi) is 5.18. The van der Waals surface area contributed by atoms with Gasteiger partial charge in [0.25, 0.3) is 5.91 Å². The van der Waals surface area contributed by atoms with Gasteiger partial charge in [0.05, 0.1) is 5.70 Å². The van der Waals surface area contributed by atoms with Crippen molar-refractivity contribution in [3.8, 4) is 0 Å². The third-order valence-corrected chi connectivity index (χ3v) is 5.11. The van der Waals surface area contributed by atoms with Crippen LogP contribution in [0.5, 0.6) is 0 Å². The lowest BCUT2D eigenvalue weighted by atomic mass is 9.96. The fourth-order valence-corrected chi connectivity index (χ4v) is 3.32. The van der Waals surface area contributed by atoms with Gasteiger partial charge in [-0.2, -0.15) is 5.11 Å². The number of nitrogens with one attached hydrogen (secondary N) is 1. The monoisotopic (exact) mass is 360 g/mol. The first-order chi connectivity index (χ1) is 12.0. The first-order valence-corrected chi connectivity index (χ1v) is 8.74. The van der Waals surface area contributed by atoms with E-state index in [0.29, 0.717) is 23.7 Å². The van der Waals surface area contributed by atoms with Crippen molar-refractivity contribution < 1.29 is 9.59 Å². The van der Waals surface area contributed by atoms with Crippen LogP contribution in [0.4, 0.5) is 5.69 Å². The molecule has 0 aliphatic carbocycles. The number of allylic oxidation sites excluding steroid dienone is 1. The summed E-state index contributed by atoms with van der Waals surface area (Å²) in [5, 5.41) is 11.0. The lowest BCUT2D eigenvalue weighted by Crippen LogP contribution is -2.39. The second-order valence-corrected chi connectivity index (χ2v) is 7.00. The summed E-state index contributed by atoms with van der Waals surface area (Å²) in [6.45, 7) is 5.88. The van der Waals surface area contributed by atoms with Gasteiger partial charge in [-0.1, -0.05) is 11.6 Å². The maximum Gasteiger partial charge on any atom is 0.281 e. The van der Waals surface area contributed by atoms with Crippen LogP contribution in [0.3, 0.4) is 0 Å². The van der Waals surface area contributed by atoms with Gasteiger partial charge in [-0.05, 0) is 56.0 Å². The molecule has 3 rings (SSSR count). The molecule has 2 aliphatic heterocycles. The van der Waals surface area contributed by atoms with Crippen LogP contribution >= 0.6 is 11.6 Å². The SMILES string of the molecule is CC1=C(C)C(C(=O)NCC2CCN(c3ccc(Cl)cc3)C2)C(=O)N=N1. The smallest absolute Gasteiger partial charge is 0.281 e. The average Bonchev–Trinajstić information content (AvgIpc) is 3.06. The number of anilines is 1. The molecule has 2 heterocycles. The summed E-state index contributed by atoms with van der Waals surface area (Å²) < 4.78 is 0. The average molecular weight is 361 g/mol. The largest absolute Gasteiger partial charge is 0.371 e. The number of halogens is 1. The van der Waals surface area contributed by atoms with Gasteiger partial charge in [-0.15, -0.1) is 5.11 Å². The second kappa shape index (κ2) is 7.35. The van der Waals surface area contributed by atoms with Gasteiger partial charge in [0.2, 0.25) is 5.91 Å². The quantitative estimate of drug-likeness (QED) is 0.838. The van der Waals surface area contributed by atoms with Crippen LogP contribution in [-0.2, 0) is 9.59 Å². The lowest BCUT2D eigenvalue weighted by molar-refractivity contribution is -0.132. The lowest BCUT2D eigenvalue weighted by Gasteiger charge is -2.20. The maximum atomic E-state index is 12.4. The van der Waals surface area contributed by atoms with E-state index in [2.05, 4.69) is 20.4 Å². The van der Waals surface area contributed by atoms with Gasteiger partial charge >= 0.3 is 0 Å². The Morgan fingerprint density at radius 1 is 1.28 bits per heavy atom. The van der Waals surface area contributed by atoms with Gasteiger partial charge in [0.15, 0.2) is 0 Å². The molecule has 2 amide bonds. The molecule has 2 atom stereocenters. The molecular weight excluding hydrogens is 340 g/mol. The Hall–Kier alpha value is -2.21. The molecule has 25 heavy (non-hydrogen) atoms. The third-order valence-electron chi connectivity index (χ3n) is 4.85. The molecule has 2 unspecified atom stereocenters. The number of hydrogen-bond donors (Lipinski definition) is 1. The van der Waals surface area contributed by atoms with Crippen LogP contribution in [0.1, 0.15) is 20.3 Å². The van der Waals surface area contributed by atoms with Crippen LogP contribution in [-0.4, -0.2) is 31.4 Å². The molecule has 1 aromatic carbocycles. The molecule has 1 fully saturated rings. The van der Waals surface area contributed by atoms with Crippen molar-refractivity contribution in [3.05, 3.63) is 40.6 Å². The fraction of sp³-hybridized carbons (Fsp3) is 0.444. The van der Waals surface area contributed by atoms with Crippen molar-refractivity contribution >= 4 is 29.1 Å². The number of benzene rings is 1. The molecule has 0 aromatic heterocycles. The topological polar surface area (TPSA) is 74.1 Å². The van der Waals surface area contributed by atoms with Crippen LogP contribution in [0, 0.1) is 11.8 Å². The summed E-state index contributed by atoms with van der Waals surface area (Å²) in [6.07, 6.45) is 0.995. The fourth-order valence-electron chi connectivity index (χ4n) is 3.20. The molecule has 1 N–H and O–H groups in total. The number of carbonyl (C=O) groups excluding carboxylic acids is 2. The van der Waals surface area contributed by atoms with E-state index in [0.717, 1.165) is 30.2 Å². The number of amides is 2. The normalized spacial score (nSPS) is 23.3. The molecule has 0 bridgehead atoms. The van der Waals surface area contributed by atoms with Gasteiger partial charge in [-0.25, -0.2) is 0 Å². The van der Waals surface area contributed by atoms with Crippen molar-refractivity contribution in [2.24, 2.45) is 22.1 Å². The van der Waals surface area contributed by atoms with Crippen molar-refractivity contribution in [1.82, 2.24) is 5.32 Å². The Bertz CT molecular complexity index is 742. The maximum absolute atomic E-state index is 12.4. The Labute approximate surface area is 151 Å². The van der Waals surface area contributed by atoms with Gasteiger partial charge < -0.3 is 10.2 Å². The van der Waals surface area contributed by atoms with E-state index in [9.17, 15) is 9.59 Å². The van der Waals surface area contributed by atoms with Crippen molar-refractivity contribution in [3.63, 3.8) is 0 Å². The van der Waals surface area contributed by atoms with E-state index in [4.69, 9.17) is 11.6 Å². The van der Waals surface area contributed by atoms with Crippen molar-refractivity contribution in [1.29, 1.82) is 0 Å². The first-order valence-electron chi connectivity index (χ1n) is 8.37. The van der Waals surface area contributed by atoms with Gasteiger partial charge in [0, 0.05) is 30.3 Å². The highest BCUT2D eigenvalue weighted by atomic mass is 35.5. The highest BCUT2D eigenvalue weighted by Crippen LogP contribution is 2.26. The van der Waals surface area contributed by atoms with Crippen LogP contribution < -0.4 is 10.2 Å².